The number of hydrogen-bond donors (Lipinski definition) is 2. The number of nitrogens with one attached hydrogen (secondary N) is 2. The molecule has 2 aromatic heterocycles. The van der Waals surface area contributed by atoms with Crippen molar-refractivity contribution < 1.29 is 0 Å². The Kier molecular flexibility index (Phi) is 3.54. The smallest absolute Gasteiger partial charge is 0.313 e. The summed E-state index contributed by atoms with van der Waals surface area (Å²) in [7, 11) is 0. The molecule has 0 aliphatic heterocycles. The van der Waals surface area contributed by atoms with Crippen LogP contribution in [-0.2, 0) is 0 Å². The van der Waals surface area contributed by atoms with E-state index in [1.54, 1.807) is 6.07 Å². The number of H-pyrrole nitrogens is 2. The molecule has 4 rings (SSSR count). The summed E-state index contributed by atoms with van der Waals surface area (Å²) < 4.78 is 0. The Hall–Kier alpha value is -2.73. The molecule has 2 atom stereocenters. The van der Waals surface area contributed by atoms with E-state index in [1.165, 1.54) is 11.8 Å². The number of aromatic amines is 2. The third-order valence-corrected chi connectivity index (χ3v) is 4.58. The fourth-order valence-corrected chi connectivity index (χ4v) is 3.22. The Morgan fingerprint density at radius 3 is 2.62 bits per heavy atom. The second-order valence-corrected chi connectivity index (χ2v) is 6.18. The van der Waals surface area contributed by atoms with Gasteiger partial charge in [0.2, 0.25) is 0 Å². The van der Waals surface area contributed by atoms with Crippen molar-refractivity contribution in [1.82, 2.24) is 20.2 Å². The Morgan fingerprint density at radius 2 is 1.88 bits per heavy atom. The summed E-state index contributed by atoms with van der Waals surface area (Å²) in [5.74, 6) is 0.658. The van der Waals surface area contributed by atoms with E-state index in [0.29, 0.717) is 16.8 Å². The van der Waals surface area contributed by atoms with Crippen LogP contribution < -0.4 is 11.2 Å². The standard InChI is InChI=1S/C17H13ClN4O2/c18-15-12(11-6-10(11)9-4-2-1-3-5-9)7-14(21-22-15)13-8-19-17(24)20-16(13)23/h1-5,7-8,10-11H,6H2,(H2,19,20,23,24). The Labute approximate surface area is 141 Å². The maximum Gasteiger partial charge on any atom is 0.325 e. The van der Waals surface area contributed by atoms with Gasteiger partial charge in [0.15, 0.2) is 5.15 Å². The number of benzene rings is 1. The molecular formula is C17H13ClN4O2. The molecule has 2 N–H and O–H groups in total. The third kappa shape index (κ3) is 2.65. The lowest BCUT2D eigenvalue weighted by Gasteiger charge is -2.05. The highest BCUT2D eigenvalue weighted by molar-refractivity contribution is 6.30. The van der Waals surface area contributed by atoms with Crippen molar-refractivity contribution in [3.63, 3.8) is 0 Å². The first-order chi connectivity index (χ1) is 11.6. The van der Waals surface area contributed by atoms with Gasteiger partial charge in [-0.25, -0.2) is 4.79 Å². The van der Waals surface area contributed by atoms with E-state index in [2.05, 4.69) is 32.3 Å². The molecule has 24 heavy (non-hydrogen) atoms. The van der Waals surface area contributed by atoms with Crippen molar-refractivity contribution in [2.24, 2.45) is 0 Å². The van der Waals surface area contributed by atoms with E-state index in [9.17, 15) is 9.59 Å². The average molecular weight is 341 g/mol. The SMILES string of the molecule is O=c1[nH]cc(-c2cc(C3CC3c3ccccc3)c(Cl)nn2)c(=O)[nH]1. The molecule has 120 valence electrons. The van der Waals surface area contributed by atoms with E-state index in [0.717, 1.165) is 12.0 Å². The number of rotatable bonds is 3. The molecule has 0 radical (unpaired) electrons. The summed E-state index contributed by atoms with van der Waals surface area (Å²) in [6, 6.07) is 12.0. The lowest BCUT2D eigenvalue weighted by atomic mass is 10.0. The average Bonchev–Trinajstić information content (AvgIpc) is 3.37. The molecule has 0 spiro atoms. The van der Waals surface area contributed by atoms with Gasteiger partial charge in [-0.1, -0.05) is 41.9 Å². The molecule has 1 saturated carbocycles. The molecule has 0 amide bonds. The molecule has 2 unspecified atom stereocenters. The number of nitrogens with zero attached hydrogens (tertiary/aromatic N) is 2. The number of aromatic nitrogens is 4. The summed E-state index contributed by atoms with van der Waals surface area (Å²) in [5, 5.41) is 8.31. The lowest BCUT2D eigenvalue weighted by molar-refractivity contribution is 0.952. The Balaban J connectivity index is 1.71. The lowest BCUT2D eigenvalue weighted by Crippen LogP contribution is -2.23. The van der Waals surface area contributed by atoms with Gasteiger partial charge in [0.25, 0.3) is 5.56 Å². The van der Waals surface area contributed by atoms with E-state index >= 15 is 0 Å². The zero-order valence-electron chi connectivity index (χ0n) is 12.5. The van der Waals surface area contributed by atoms with Gasteiger partial charge < -0.3 is 4.98 Å². The predicted molar refractivity (Wildman–Crippen MR) is 90.3 cm³/mol. The molecule has 1 aliphatic carbocycles. The minimum absolute atomic E-state index is 0.260. The summed E-state index contributed by atoms with van der Waals surface area (Å²) in [6.45, 7) is 0. The zero-order chi connectivity index (χ0) is 16.7. The van der Waals surface area contributed by atoms with Crippen LogP contribution in [0.5, 0.6) is 0 Å². The molecule has 6 nitrogen and oxygen atoms in total. The van der Waals surface area contributed by atoms with E-state index < -0.39 is 11.2 Å². The minimum Gasteiger partial charge on any atom is -0.313 e. The van der Waals surface area contributed by atoms with Gasteiger partial charge in [-0.15, -0.1) is 10.2 Å². The summed E-state index contributed by atoms with van der Waals surface area (Å²) >= 11 is 6.22. The molecule has 2 heterocycles. The Morgan fingerprint density at radius 1 is 1.08 bits per heavy atom. The van der Waals surface area contributed by atoms with Crippen LogP contribution in [0.25, 0.3) is 11.3 Å². The Bertz CT molecular complexity index is 1010. The van der Waals surface area contributed by atoms with Crippen LogP contribution in [0.1, 0.15) is 29.4 Å². The van der Waals surface area contributed by atoms with Crippen molar-refractivity contribution in [3.05, 3.63) is 79.7 Å². The normalized spacial score (nSPS) is 19.2. The largest absolute Gasteiger partial charge is 0.325 e. The van der Waals surface area contributed by atoms with Gasteiger partial charge in [0.1, 0.15) is 5.69 Å². The van der Waals surface area contributed by atoms with Crippen molar-refractivity contribution in [3.8, 4) is 11.3 Å². The van der Waals surface area contributed by atoms with Crippen LogP contribution in [0.15, 0.2) is 52.2 Å². The van der Waals surface area contributed by atoms with Gasteiger partial charge >= 0.3 is 5.69 Å². The molecule has 0 bridgehead atoms. The van der Waals surface area contributed by atoms with Crippen molar-refractivity contribution in [2.45, 2.75) is 18.3 Å². The zero-order valence-corrected chi connectivity index (χ0v) is 13.2. The third-order valence-electron chi connectivity index (χ3n) is 4.29. The van der Waals surface area contributed by atoms with Crippen LogP contribution >= 0.6 is 11.6 Å². The topological polar surface area (TPSA) is 91.5 Å². The fourth-order valence-electron chi connectivity index (χ4n) is 2.99. The highest BCUT2D eigenvalue weighted by Gasteiger charge is 2.41. The van der Waals surface area contributed by atoms with E-state index in [4.69, 9.17) is 11.6 Å². The molecule has 1 fully saturated rings. The molecule has 1 aliphatic rings. The monoisotopic (exact) mass is 340 g/mol. The molecule has 3 aromatic rings. The fraction of sp³-hybridized carbons (Fsp3) is 0.176. The van der Waals surface area contributed by atoms with Gasteiger partial charge in [0.05, 0.1) is 5.56 Å². The number of halogens is 1. The van der Waals surface area contributed by atoms with Crippen molar-refractivity contribution >= 4 is 11.6 Å². The molecule has 7 heteroatoms. The van der Waals surface area contributed by atoms with Crippen LogP contribution in [0.3, 0.4) is 0 Å². The van der Waals surface area contributed by atoms with Crippen LogP contribution in [-0.4, -0.2) is 20.2 Å². The summed E-state index contributed by atoms with van der Waals surface area (Å²) in [4.78, 5) is 27.7. The quantitative estimate of drug-likeness (QED) is 0.766. The maximum atomic E-state index is 11.9. The van der Waals surface area contributed by atoms with Crippen LogP contribution in [0.4, 0.5) is 0 Å². The van der Waals surface area contributed by atoms with E-state index in [1.807, 2.05) is 18.2 Å². The first-order valence-corrected chi connectivity index (χ1v) is 7.91. The summed E-state index contributed by atoms with van der Waals surface area (Å²) in [5.41, 5.74) is 1.73. The van der Waals surface area contributed by atoms with Crippen LogP contribution in [0.2, 0.25) is 5.15 Å². The predicted octanol–water partition coefficient (Wildman–Crippen LogP) is 2.44. The second-order valence-electron chi connectivity index (χ2n) is 5.82. The highest BCUT2D eigenvalue weighted by atomic mass is 35.5. The maximum absolute atomic E-state index is 11.9. The van der Waals surface area contributed by atoms with Crippen LogP contribution in [0, 0.1) is 0 Å². The summed E-state index contributed by atoms with van der Waals surface area (Å²) in [6.07, 6.45) is 2.32. The molecular weight excluding hydrogens is 328 g/mol. The second kappa shape index (κ2) is 5.72. The first kappa shape index (κ1) is 14.8. The highest BCUT2D eigenvalue weighted by Crippen LogP contribution is 2.55. The van der Waals surface area contributed by atoms with Gasteiger partial charge in [0, 0.05) is 6.20 Å². The van der Waals surface area contributed by atoms with Gasteiger partial charge in [-0.2, -0.15) is 0 Å². The number of hydrogen-bond acceptors (Lipinski definition) is 4. The van der Waals surface area contributed by atoms with Crippen molar-refractivity contribution in [1.29, 1.82) is 0 Å². The first-order valence-electron chi connectivity index (χ1n) is 7.54. The van der Waals surface area contributed by atoms with Gasteiger partial charge in [-0.05, 0) is 35.4 Å². The van der Waals surface area contributed by atoms with E-state index in [-0.39, 0.29) is 11.5 Å². The van der Waals surface area contributed by atoms with Crippen molar-refractivity contribution in [2.75, 3.05) is 0 Å². The molecule has 1 aromatic carbocycles. The minimum atomic E-state index is -0.558. The molecule has 0 saturated heterocycles. The van der Waals surface area contributed by atoms with Gasteiger partial charge in [-0.3, -0.25) is 9.78 Å².